The van der Waals surface area contributed by atoms with E-state index in [2.05, 4.69) is 25.0 Å². The molecule has 1 aliphatic rings. The normalized spacial score (nSPS) is 15.4. The molecule has 1 amide bonds. The predicted octanol–water partition coefficient (Wildman–Crippen LogP) is 2.16. The van der Waals surface area contributed by atoms with Gasteiger partial charge in [0.15, 0.2) is 5.71 Å². The number of hydrogen-bond acceptors (Lipinski definition) is 8. The van der Waals surface area contributed by atoms with E-state index in [-0.39, 0.29) is 23.5 Å². The van der Waals surface area contributed by atoms with E-state index in [1.54, 1.807) is 17.9 Å². The minimum absolute atomic E-state index is 0.0194. The zero-order valence-electron chi connectivity index (χ0n) is 17.8. The first kappa shape index (κ1) is 22.1. The summed E-state index contributed by atoms with van der Waals surface area (Å²) in [7, 11) is 0. The molecule has 0 atom stereocenters. The smallest absolute Gasteiger partial charge is 0.276 e. The van der Waals surface area contributed by atoms with Gasteiger partial charge >= 0.3 is 0 Å². The highest BCUT2D eigenvalue weighted by Crippen LogP contribution is 2.19. The van der Waals surface area contributed by atoms with Gasteiger partial charge in [0.25, 0.3) is 5.91 Å². The van der Waals surface area contributed by atoms with Crippen molar-refractivity contribution in [1.82, 2.24) is 14.9 Å². The maximum atomic E-state index is 13.1. The second-order valence-electron chi connectivity index (χ2n) is 7.31. The van der Waals surface area contributed by atoms with Crippen LogP contribution in [0.2, 0.25) is 0 Å². The van der Waals surface area contributed by atoms with Crippen LogP contribution in [0.5, 0.6) is 5.88 Å². The maximum Gasteiger partial charge on any atom is 0.276 e. The molecule has 3 rings (SSSR count). The number of aliphatic imine (C=N–C) groups is 1. The number of nitrogens with two attached hydrogens (primary N) is 1. The number of aromatic nitrogens is 2. The average Bonchev–Trinajstić information content (AvgIpc) is 2.75. The molecule has 0 radical (unpaired) electrons. The quantitative estimate of drug-likeness (QED) is 0.430. The number of nitrogens with zero attached hydrogens (tertiary/aromatic N) is 6. The van der Waals surface area contributed by atoms with Crippen molar-refractivity contribution in [2.75, 3.05) is 31.1 Å². The van der Waals surface area contributed by atoms with E-state index in [0.29, 0.717) is 43.5 Å². The van der Waals surface area contributed by atoms with Gasteiger partial charge in [-0.25, -0.2) is 14.4 Å². The highest BCUT2D eigenvalue weighted by molar-refractivity contribution is 6.66. The summed E-state index contributed by atoms with van der Waals surface area (Å²) in [5, 5.41) is 3.66. The summed E-state index contributed by atoms with van der Waals surface area (Å²) in [6.07, 6.45) is 1.49. The highest BCUT2D eigenvalue weighted by atomic mass is 19.1. The number of hydrogen-bond donors (Lipinski definition) is 1. The lowest BCUT2D eigenvalue weighted by atomic mass is 10.2. The van der Waals surface area contributed by atoms with Crippen LogP contribution in [0.4, 0.5) is 15.9 Å². The minimum Gasteiger partial charge on any atom is -0.475 e. The molecule has 1 fully saturated rings. The van der Waals surface area contributed by atoms with Crippen molar-refractivity contribution >= 4 is 28.8 Å². The van der Waals surface area contributed by atoms with E-state index in [0.717, 1.165) is 5.82 Å². The molecule has 0 aliphatic carbocycles. The standard InChI is InChI=1S/C21H26FN7O2/c1-14(2)31-19-12-18(24-13-25-19)28-8-10-29(11-9-28)21(30)20(27-23)15(3)26-17-6-4-16(22)5-7-17/h4-7,12-14H,8-11,23H2,1-3H3. The Morgan fingerprint density at radius 3 is 2.45 bits per heavy atom. The summed E-state index contributed by atoms with van der Waals surface area (Å²) in [6, 6.07) is 7.45. The third kappa shape index (κ3) is 5.74. The van der Waals surface area contributed by atoms with E-state index in [9.17, 15) is 9.18 Å². The first-order valence-corrected chi connectivity index (χ1v) is 9.99. The monoisotopic (exact) mass is 427 g/mol. The second-order valence-corrected chi connectivity index (χ2v) is 7.31. The Balaban J connectivity index is 1.64. The first-order valence-electron chi connectivity index (χ1n) is 9.99. The number of halogens is 1. The minimum atomic E-state index is -0.357. The molecule has 2 heterocycles. The lowest BCUT2D eigenvalue weighted by molar-refractivity contribution is -0.124. The van der Waals surface area contributed by atoms with E-state index in [1.165, 1.54) is 30.6 Å². The Kier molecular flexibility index (Phi) is 7.11. The molecular formula is C21H26FN7O2. The van der Waals surface area contributed by atoms with E-state index in [1.807, 2.05) is 13.8 Å². The van der Waals surface area contributed by atoms with Gasteiger partial charge in [0.2, 0.25) is 5.88 Å². The van der Waals surface area contributed by atoms with Gasteiger partial charge in [-0.1, -0.05) is 0 Å². The Bertz CT molecular complexity index is 968. The predicted molar refractivity (Wildman–Crippen MR) is 117 cm³/mol. The van der Waals surface area contributed by atoms with Gasteiger partial charge < -0.3 is 20.4 Å². The molecule has 1 aliphatic heterocycles. The zero-order chi connectivity index (χ0) is 22.4. The van der Waals surface area contributed by atoms with Gasteiger partial charge in [0, 0.05) is 32.2 Å². The Labute approximate surface area is 180 Å². The van der Waals surface area contributed by atoms with Gasteiger partial charge in [-0.3, -0.25) is 9.79 Å². The molecule has 0 saturated carbocycles. The second kappa shape index (κ2) is 9.96. The zero-order valence-corrected chi connectivity index (χ0v) is 17.8. The van der Waals surface area contributed by atoms with Crippen LogP contribution in [0.3, 0.4) is 0 Å². The molecule has 2 N–H and O–H groups in total. The summed E-state index contributed by atoms with van der Waals surface area (Å²) >= 11 is 0. The number of anilines is 1. The molecule has 2 aromatic rings. The molecule has 1 aromatic heterocycles. The summed E-state index contributed by atoms with van der Waals surface area (Å²) < 4.78 is 18.7. The van der Waals surface area contributed by atoms with Crippen LogP contribution in [0.25, 0.3) is 0 Å². The topological polar surface area (TPSA) is 109 Å². The molecule has 10 heteroatoms. The summed E-state index contributed by atoms with van der Waals surface area (Å²) in [6.45, 7) is 7.67. The Hall–Kier alpha value is -3.56. The summed E-state index contributed by atoms with van der Waals surface area (Å²) in [4.78, 5) is 29.5. The van der Waals surface area contributed by atoms with Gasteiger partial charge in [0.1, 0.15) is 18.0 Å². The molecule has 9 nitrogen and oxygen atoms in total. The van der Waals surface area contributed by atoms with Crippen LogP contribution in [0.1, 0.15) is 20.8 Å². The van der Waals surface area contributed by atoms with Gasteiger partial charge in [-0.05, 0) is 45.0 Å². The molecule has 0 spiro atoms. The highest BCUT2D eigenvalue weighted by Gasteiger charge is 2.27. The number of benzene rings is 1. The fourth-order valence-corrected chi connectivity index (χ4v) is 3.16. The number of ether oxygens (including phenoxy) is 1. The Morgan fingerprint density at radius 2 is 1.84 bits per heavy atom. The average molecular weight is 427 g/mol. The van der Waals surface area contributed by atoms with Gasteiger partial charge in [-0.15, -0.1) is 0 Å². The van der Waals surface area contributed by atoms with Crippen LogP contribution >= 0.6 is 0 Å². The van der Waals surface area contributed by atoms with Crippen molar-refractivity contribution in [2.45, 2.75) is 26.9 Å². The molecular weight excluding hydrogens is 401 g/mol. The number of carbonyl (C=O) groups excluding carboxylic acids is 1. The van der Waals surface area contributed by atoms with E-state index in [4.69, 9.17) is 10.6 Å². The van der Waals surface area contributed by atoms with Crippen molar-refractivity contribution in [3.63, 3.8) is 0 Å². The van der Waals surface area contributed by atoms with Crippen LogP contribution in [0.15, 0.2) is 46.8 Å². The van der Waals surface area contributed by atoms with Crippen molar-refractivity contribution < 1.29 is 13.9 Å². The molecule has 164 valence electrons. The number of amides is 1. The third-order valence-corrected chi connectivity index (χ3v) is 4.67. The summed E-state index contributed by atoms with van der Waals surface area (Å²) in [5.74, 6) is 6.11. The third-order valence-electron chi connectivity index (χ3n) is 4.67. The van der Waals surface area contributed by atoms with Crippen LogP contribution in [0, 0.1) is 5.82 Å². The lowest BCUT2D eigenvalue weighted by Crippen LogP contribution is -2.51. The van der Waals surface area contributed by atoms with Crippen LogP contribution < -0.4 is 15.5 Å². The first-order chi connectivity index (χ1) is 14.9. The number of hydrazone groups is 1. The maximum absolute atomic E-state index is 13.1. The SMILES string of the molecule is CC(=Nc1ccc(F)cc1)C(=NN)C(=O)N1CCN(c2cc(OC(C)C)ncn2)CC1. The van der Waals surface area contributed by atoms with Crippen molar-refractivity contribution in [2.24, 2.45) is 15.9 Å². The molecule has 31 heavy (non-hydrogen) atoms. The van der Waals surface area contributed by atoms with E-state index < -0.39 is 0 Å². The molecule has 1 saturated heterocycles. The number of piperazine rings is 1. The van der Waals surface area contributed by atoms with Gasteiger partial charge in [-0.2, -0.15) is 5.10 Å². The number of rotatable bonds is 6. The Morgan fingerprint density at radius 1 is 1.16 bits per heavy atom. The van der Waals surface area contributed by atoms with Crippen molar-refractivity contribution in [1.29, 1.82) is 0 Å². The largest absolute Gasteiger partial charge is 0.475 e. The lowest BCUT2D eigenvalue weighted by Gasteiger charge is -2.35. The fraction of sp³-hybridized carbons (Fsp3) is 0.381. The summed E-state index contributed by atoms with van der Waals surface area (Å²) in [5.41, 5.74) is 0.959. The van der Waals surface area contributed by atoms with Crippen LogP contribution in [-0.4, -0.2) is 64.5 Å². The molecule has 0 bridgehead atoms. The van der Waals surface area contributed by atoms with Crippen LogP contribution in [-0.2, 0) is 4.79 Å². The van der Waals surface area contributed by atoms with Crippen molar-refractivity contribution in [3.05, 3.63) is 42.5 Å². The molecule has 0 unspecified atom stereocenters. The van der Waals surface area contributed by atoms with E-state index >= 15 is 0 Å². The van der Waals surface area contributed by atoms with Gasteiger partial charge in [0.05, 0.1) is 17.5 Å². The van der Waals surface area contributed by atoms with Crippen molar-refractivity contribution in [3.8, 4) is 5.88 Å². The number of carbonyl (C=O) groups is 1. The fourth-order valence-electron chi connectivity index (χ4n) is 3.16. The molecule has 1 aromatic carbocycles.